The van der Waals surface area contributed by atoms with Crippen LogP contribution in [0.15, 0.2) is 11.1 Å². The molecule has 0 saturated carbocycles. The lowest BCUT2D eigenvalue weighted by atomic mass is 10.4. The van der Waals surface area contributed by atoms with Gasteiger partial charge in [-0.15, -0.1) is 11.8 Å². The van der Waals surface area contributed by atoms with Gasteiger partial charge >= 0.3 is 0 Å². The molecule has 2 nitrogen and oxygen atoms in total. The molecule has 0 saturated heterocycles. The van der Waals surface area contributed by atoms with Crippen molar-refractivity contribution in [3.8, 4) is 0 Å². The van der Waals surface area contributed by atoms with Crippen LogP contribution in [0.2, 0.25) is 5.15 Å². The van der Waals surface area contributed by atoms with E-state index in [2.05, 4.69) is 4.98 Å². The van der Waals surface area contributed by atoms with Gasteiger partial charge in [-0.25, -0.2) is 9.37 Å². The molecule has 0 atom stereocenters. The first-order valence-corrected chi connectivity index (χ1v) is 4.40. The molecule has 11 heavy (non-hydrogen) atoms. The maximum Gasteiger partial charge on any atom is 0.184 e. The Hall–Kier alpha value is -0.480. The van der Waals surface area contributed by atoms with Crippen LogP contribution in [0.25, 0.3) is 0 Å². The zero-order chi connectivity index (χ0) is 8.43. The molecule has 1 aromatic rings. The van der Waals surface area contributed by atoms with Crippen molar-refractivity contribution in [2.75, 3.05) is 12.0 Å². The third-order valence-corrected chi connectivity index (χ3v) is 2.23. The van der Waals surface area contributed by atoms with E-state index in [-0.39, 0.29) is 10.8 Å². The molecule has 0 aliphatic rings. The molecule has 1 aromatic heterocycles. The number of nitrogens with two attached hydrogens (primary N) is 1. The molecule has 0 aliphatic carbocycles. The van der Waals surface area contributed by atoms with Crippen molar-refractivity contribution in [3.63, 3.8) is 0 Å². The van der Waals surface area contributed by atoms with Gasteiger partial charge in [-0.3, -0.25) is 0 Å². The summed E-state index contributed by atoms with van der Waals surface area (Å²) >= 11 is 6.70. The van der Waals surface area contributed by atoms with Crippen molar-refractivity contribution in [2.45, 2.75) is 4.90 Å². The number of nitrogens with zero attached hydrogens (tertiary/aromatic N) is 1. The minimum atomic E-state index is -0.640. The molecule has 0 fully saturated rings. The Kier molecular flexibility index (Phi) is 2.57. The summed E-state index contributed by atoms with van der Waals surface area (Å²) in [4.78, 5) is 4.20. The molecule has 0 aromatic carbocycles. The maximum absolute atomic E-state index is 12.8. The fourth-order valence-corrected chi connectivity index (χ4v) is 1.24. The third-order valence-electron chi connectivity index (χ3n) is 1.20. The van der Waals surface area contributed by atoms with Gasteiger partial charge in [0.25, 0.3) is 0 Å². The molecule has 60 valence electrons. The number of nitrogen functional groups attached to an aromatic ring is 1. The zero-order valence-corrected chi connectivity index (χ0v) is 7.34. The van der Waals surface area contributed by atoms with Gasteiger partial charge in [-0.05, 0) is 6.26 Å². The second kappa shape index (κ2) is 3.28. The first-order valence-electron chi connectivity index (χ1n) is 2.80. The van der Waals surface area contributed by atoms with E-state index >= 15 is 0 Å². The lowest BCUT2D eigenvalue weighted by Gasteiger charge is -2.02. The van der Waals surface area contributed by atoms with Crippen LogP contribution in [0, 0.1) is 5.82 Å². The highest BCUT2D eigenvalue weighted by Crippen LogP contribution is 2.27. The van der Waals surface area contributed by atoms with Gasteiger partial charge in [-0.1, -0.05) is 11.6 Å². The Morgan fingerprint density at radius 3 is 2.91 bits per heavy atom. The van der Waals surface area contributed by atoms with Crippen molar-refractivity contribution < 1.29 is 4.39 Å². The fraction of sp³-hybridized carbons (Fsp3) is 0.167. The SMILES string of the molecule is CSc1cnc(Cl)c(F)c1N. The summed E-state index contributed by atoms with van der Waals surface area (Å²) in [5.74, 6) is -0.640. The summed E-state index contributed by atoms with van der Waals surface area (Å²) in [6, 6.07) is 0. The number of thioether (sulfide) groups is 1. The van der Waals surface area contributed by atoms with E-state index in [9.17, 15) is 4.39 Å². The smallest absolute Gasteiger partial charge is 0.184 e. The third kappa shape index (κ3) is 1.57. The quantitative estimate of drug-likeness (QED) is 0.548. The maximum atomic E-state index is 12.8. The monoisotopic (exact) mass is 192 g/mol. The predicted molar refractivity (Wildman–Crippen MR) is 45.4 cm³/mol. The molecule has 1 heterocycles. The zero-order valence-electron chi connectivity index (χ0n) is 5.77. The molecule has 0 aliphatic heterocycles. The second-order valence-corrected chi connectivity index (χ2v) is 3.05. The van der Waals surface area contributed by atoms with Crippen LogP contribution in [0.1, 0.15) is 0 Å². The molecule has 5 heteroatoms. The number of pyridine rings is 1. The molecule has 0 spiro atoms. The standard InChI is InChI=1S/C6H6ClFN2S/c1-11-3-2-10-6(7)4(8)5(3)9/h2H,1H3,(H2,9,10). The van der Waals surface area contributed by atoms with E-state index in [1.54, 1.807) is 6.26 Å². The minimum absolute atomic E-state index is 0.0671. The summed E-state index contributed by atoms with van der Waals surface area (Å²) in [6.45, 7) is 0. The van der Waals surface area contributed by atoms with Gasteiger partial charge in [0.15, 0.2) is 11.0 Å². The van der Waals surface area contributed by atoms with Crippen molar-refractivity contribution in [1.29, 1.82) is 0 Å². The molecular formula is C6H6ClFN2S. The average Bonchev–Trinajstić information content (AvgIpc) is 2.01. The highest BCUT2D eigenvalue weighted by Gasteiger charge is 2.08. The van der Waals surface area contributed by atoms with Crippen LogP contribution < -0.4 is 5.73 Å². The number of hydrogen-bond acceptors (Lipinski definition) is 3. The first kappa shape index (κ1) is 8.62. The van der Waals surface area contributed by atoms with Crippen molar-refractivity contribution in [3.05, 3.63) is 17.2 Å². The number of rotatable bonds is 1. The topological polar surface area (TPSA) is 38.9 Å². The Labute approximate surface area is 72.9 Å². The van der Waals surface area contributed by atoms with Crippen LogP contribution in [-0.4, -0.2) is 11.2 Å². The number of halogens is 2. The summed E-state index contributed by atoms with van der Waals surface area (Å²) in [5, 5.41) is -0.180. The highest BCUT2D eigenvalue weighted by atomic mass is 35.5. The van der Waals surface area contributed by atoms with Gasteiger partial charge in [0.2, 0.25) is 0 Å². The Balaban J connectivity index is 3.25. The van der Waals surface area contributed by atoms with E-state index < -0.39 is 5.82 Å². The van der Waals surface area contributed by atoms with Crippen LogP contribution in [0.5, 0.6) is 0 Å². The largest absolute Gasteiger partial charge is 0.395 e. The number of anilines is 1. The molecule has 1 rings (SSSR count). The normalized spacial score (nSPS) is 10.1. The average molecular weight is 193 g/mol. The molecule has 0 amide bonds. The molecule has 2 N–H and O–H groups in total. The van der Waals surface area contributed by atoms with Gasteiger partial charge in [0.1, 0.15) is 0 Å². The predicted octanol–water partition coefficient (Wildman–Crippen LogP) is 2.18. The lowest BCUT2D eigenvalue weighted by molar-refractivity contribution is 0.623. The Morgan fingerprint density at radius 2 is 2.36 bits per heavy atom. The van der Waals surface area contributed by atoms with Gasteiger partial charge in [0.05, 0.1) is 10.6 Å². The Bertz CT molecular complexity index is 280. The molecule has 0 unspecified atom stereocenters. The molecule has 0 bridgehead atoms. The van der Waals surface area contributed by atoms with Gasteiger partial charge in [-0.2, -0.15) is 0 Å². The number of hydrogen-bond donors (Lipinski definition) is 1. The number of aromatic nitrogens is 1. The highest BCUT2D eigenvalue weighted by molar-refractivity contribution is 7.98. The van der Waals surface area contributed by atoms with Crippen LogP contribution in [0.4, 0.5) is 10.1 Å². The summed E-state index contributed by atoms with van der Waals surface area (Å²) in [7, 11) is 0. The first-order chi connectivity index (χ1) is 5.16. The summed E-state index contributed by atoms with van der Waals surface area (Å²) in [6.07, 6.45) is 3.24. The van der Waals surface area contributed by atoms with E-state index in [0.717, 1.165) is 0 Å². The van der Waals surface area contributed by atoms with Crippen molar-refractivity contribution in [2.24, 2.45) is 0 Å². The second-order valence-electron chi connectivity index (χ2n) is 1.85. The van der Waals surface area contributed by atoms with Gasteiger partial charge < -0.3 is 5.73 Å². The van der Waals surface area contributed by atoms with Crippen LogP contribution in [-0.2, 0) is 0 Å². The Morgan fingerprint density at radius 1 is 1.73 bits per heavy atom. The van der Waals surface area contributed by atoms with Crippen molar-refractivity contribution in [1.82, 2.24) is 4.98 Å². The van der Waals surface area contributed by atoms with E-state index in [0.29, 0.717) is 4.90 Å². The van der Waals surface area contributed by atoms with Crippen LogP contribution >= 0.6 is 23.4 Å². The molecule has 0 radical (unpaired) electrons. The summed E-state index contributed by atoms with van der Waals surface area (Å²) in [5.41, 5.74) is 5.44. The van der Waals surface area contributed by atoms with E-state index in [1.165, 1.54) is 18.0 Å². The van der Waals surface area contributed by atoms with Crippen LogP contribution in [0.3, 0.4) is 0 Å². The molecular weight excluding hydrogens is 187 g/mol. The lowest BCUT2D eigenvalue weighted by Crippen LogP contribution is -1.95. The minimum Gasteiger partial charge on any atom is -0.395 e. The van der Waals surface area contributed by atoms with E-state index in [1.807, 2.05) is 0 Å². The fourth-order valence-electron chi connectivity index (χ4n) is 0.623. The van der Waals surface area contributed by atoms with Crippen molar-refractivity contribution >= 4 is 29.1 Å². The van der Waals surface area contributed by atoms with Gasteiger partial charge in [0, 0.05) is 6.20 Å². The van der Waals surface area contributed by atoms with E-state index in [4.69, 9.17) is 17.3 Å². The summed E-state index contributed by atoms with van der Waals surface area (Å²) < 4.78 is 12.8.